The molecule has 2 atom stereocenters. The van der Waals surface area contributed by atoms with Gasteiger partial charge in [0.15, 0.2) is 5.84 Å². The summed E-state index contributed by atoms with van der Waals surface area (Å²) in [6, 6.07) is 9.40. The molecule has 236 valence electrons. The molecule has 3 aromatic rings. The van der Waals surface area contributed by atoms with Gasteiger partial charge in [-0.3, -0.25) is 24.9 Å². The molecule has 0 spiro atoms. The summed E-state index contributed by atoms with van der Waals surface area (Å²) >= 11 is 0. The number of sulfonamides is 1. The first-order valence-corrected chi connectivity index (χ1v) is 15.3. The third kappa shape index (κ3) is 6.74. The summed E-state index contributed by atoms with van der Waals surface area (Å²) < 4.78 is 52.6. The molecule has 1 aliphatic rings. The molecule has 0 unspecified atom stereocenters. The van der Waals surface area contributed by atoms with Crippen molar-refractivity contribution in [2.75, 3.05) is 53.5 Å². The Morgan fingerprint density at radius 3 is 2.20 bits per heavy atom. The molecule has 14 nitrogen and oxygen atoms in total. The topological polar surface area (TPSA) is 164 Å². The lowest BCUT2D eigenvalue weighted by Gasteiger charge is -2.44. The highest BCUT2D eigenvalue weighted by Crippen LogP contribution is 2.39. The predicted octanol–water partition coefficient (Wildman–Crippen LogP) is 2.40. The van der Waals surface area contributed by atoms with Crippen LogP contribution in [0.4, 0.5) is 5.69 Å². The van der Waals surface area contributed by atoms with Gasteiger partial charge >= 0.3 is 0 Å². The van der Waals surface area contributed by atoms with Crippen molar-refractivity contribution in [3.63, 3.8) is 0 Å². The van der Waals surface area contributed by atoms with E-state index < -0.39 is 27.3 Å². The van der Waals surface area contributed by atoms with Gasteiger partial charge in [-0.05, 0) is 37.6 Å². The van der Waals surface area contributed by atoms with Crippen LogP contribution in [0.3, 0.4) is 0 Å². The Balaban J connectivity index is 1.77. The third-order valence-corrected chi connectivity index (χ3v) is 8.99. The van der Waals surface area contributed by atoms with E-state index in [1.807, 2.05) is 11.8 Å². The molecule has 0 radical (unpaired) electrons. The Morgan fingerprint density at radius 1 is 1.05 bits per heavy atom. The molecule has 0 amide bonds. The van der Waals surface area contributed by atoms with Crippen LogP contribution in [0, 0.1) is 12.3 Å². The van der Waals surface area contributed by atoms with Crippen LogP contribution in [0.25, 0.3) is 0 Å². The lowest BCUT2D eigenvalue weighted by Crippen LogP contribution is -2.58. The number of pyridine rings is 1. The number of rotatable bonds is 11. The number of anilines is 1. The summed E-state index contributed by atoms with van der Waals surface area (Å²) in [6.07, 6.45) is 3.27. The zero-order valence-electron chi connectivity index (χ0n) is 25.8. The van der Waals surface area contributed by atoms with Crippen LogP contribution in [0.15, 0.2) is 53.8 Å². The van der Waals surface area contributed by atoms with Crippen molar-refractivity contribution in [1.29, 1.82) is 5.41 Å². The monoisotopic (exact) mass is 626 g/mol. The minimum absolute atomic E-state index is 0.0312. The second-order valence-electron chi connectivity index (χ2n) is 10.0. The summed E-state index contributed by atoms with van der Waals surface area (Å²) in [5.74, 6) is 0.878. The Hall–Kier alpha value is -4.34. The molecule has 1 fully saturated rings. The smallest absolute Gasteiger partial charge is 0.239 e. The highest BCUT2D eigenvalue weighted by molar-refractivity contribution is 7.90. The van der Waals surface area contributed by atoms with Gasteiger partial charge in [0, 0.05) is 45.7 Å². The van der Waals surface area contributed by atoms with Crippen LogP contribution in [0.2, 0.25) is 0 Å². The van der Waals surface area contributed by atoms with Crippen molar-refractivity contribution in [1.82, 2.24) is 24.6 Å². The molecule has 1 aliphatic heterocycles. The Labute approximate surface area is 257 Å². The van der Waals surface area contributed by atoms with Crippen molar-refractivity contribution < 1.29 is 27.4 Å². The van der Waals surface area contributed by atoms with Crippen LogP contribution in [0.5, 0.6) is 17.4 Å². The molecule has 1 saturated heterocycles. The van der Waals surface area contributed by atoms with E-state index in [4.69, 9.17) is 18.9 Å². The molecule has 2 aromatic heterocycles. The van der Waals surface area contributed by atoms with Gasteiger partial charge in [0.2, 0.25) is 21.9 Å². The first-order valence-electron chi connectivity index (χ1n) is 13.7. The second-order valence-corrected chi connectivity index (χ2v) is 12.1. The number of likely N-dealkylation sites (tertiary alicyclic amines) is 1. The minimum Gasteiger partial charge on any atom is -0.494 e. The maximum absolute atomic E-state index is 14.1. The van der Waals surface area contributed by atoms with E-state index in [0.717, 1.165) is 5.56 Å². The van der Waals surface area contributed by atoms with Gasteiger partial charge in [0.05, 0.1) is 33.5 Å². The number of ether oxygens (including phenoxy) is 4. The fourth-order valence-electron chi connectivity index (χ4n) is 4.87. The molecule has 4 rings (SSSR count). The van der Waals surface area contributed by atoms with E-state index in [9.17, 15) is 13.8 Å². The van der Waals surface area contributed by atoms with Crippen molar-refractivity contribution in [2.24, 2.45) is 4.99 Å². The summed E-state index contributed by atoms with van der Waals surface area (Å²) in [5, 5.41) is 8.10. The summed E-state index contributed by atoms with van der Waals surface area (Å²) in [4.78, 5) is 21.0. The molecule has 3 heterocycles. The molecule has 0 bridgehead atoms. The number of amidine groups is 1. The molecular weight excluding hydrogens is 588 g/mol. The zero-order chi connectivity index (χ0) is 32.0. The van der Waals surface area contributed by atoms with Gasteiger partial charge in [-0.2, -0.15) is 0 Å². The first-order chi connectivity index (χ1) is 21.1. The Bertz CT molecular complexity index is 1570. The molecule has 1 aromatic carbocycles. The van der Waals surface area contributed by atoms with Gasteiger partial charge in [-0.15, -0.1) is 0 Å². The van der Waals surface area contributed by atoms with E-state index in [-0.39, 0.29) is 17.6 Å². The number of hydrogen-bond donors (Lipinski definition) is 2. The first kappa shape index (κ1) is 32.6. The van der Waals surface area contributed by atoms with Crippen molar-refractivity contribution in [2.45, 2.75) is 31.2 Å². The lowest BCUT2D eigenvalue weighted by atomic mass is 10.0. The zero-order valence-corrected chi connectivity index (χ0v) is 26.6. The number of guanidine groups is 1. The number of hydrogen-bond acceptors (Lipinski definition) is 12. The number of methoxy groups -OCH3 is 4. The maximum atomic E-state index is 14.1. The summed E-state index contributed by atoms with van der Waals surface area (Å²) in [7, 11) is 3.29. The SMILES string of the molecule is C/N=C(/c1cccc(OC)n1)N(C(=N)NS(=O)(=O)[C@H](C)[C@H](c1ncc(C)cn1)N1CC(OC)C1)c1c(OC)cccc1OC. The summed E-state index contributed by atoms with van der Waals surface area (Å²) in [6.45, 7) is 4.44. The standard InChI is InChI=1S/C29H38N8O6S/c1-18-14-32-27(33-15-18)25(36-16-20(17-36)40-4)19(2)44(38,39)35-29(30)37(26-22(41-5)11-9-12-23(26)42-6)28(31-3)21-10-8-13-24(34-21)43-7/h8-15,19-20,25H,16-17H2,1-7H3,(H2,30,35)/b31-28-/t19-,25-/m1/s1. The molecule has 2 N–H and O–H groups in total. The van der Waals surface area contributed by atoms with Gasteiger partial charge in [-0.1, -0.05) is 12.1 Å². The molecule has 0 saturated carbocycles. The second kappa shape index (κ2) is 14.0. The van der Waals surface area contributed by atoms with E-state index in [1.165, 1.54) is 33.3 Å². The van der Waals surface area contributed by atoms with Crippen LogP contribution < -0.4 is 23.8 Å². The highest BCUT2D eigenvalue weighted by atomic mass is 32.2. The number of benzene rings is 1. The van der Waals surface area contributed by atoms with Crippen LogP contribution in [-0.2, 0) is 14.8 Å². The van der Waals surface area contributed by atoms with Crippen LogP contribution >= 0.6 is 0 Å². The van der Waals surface area contributed by atoms with Gasteiger partial charge in [-0.25, -0.2) is 23.4 Å². The van der Waals surface area contributed by atoms with Crippen molar-refractivity contribution in [3.8, 4) is 17.4 Å². The van der Waals surface area contributed by atoms with Crippen molar-refractivity contribution >= 4 is 27.5 Å². The minimum atomic E-state index is -4.25. The van der Waals surface area contributed by atoms with Crippen LogP contribution in [-0.4, -0.2) is 100.0 Å². The Kier molecular flexibility index (Phi) is 10.3. The average Bonchev–Trinajstić information content (AvgIpc) is 3.00. The number of aromatic nitrogens is 3. The highest BCUT2D eigenvalue weighted by Gasteiger charge is 2.43. The third-order valence-electron chi connectivity index (χ3n) is 7.28. The Morgan fingerprint density at radius 2 is 1.66 bits per heavy atom. The number of aliphatic imine (C=N–C) groups is 1. The summed E-state index contributed by atoms with van der Waals surface area (Å²) in [5.41, 5.74) is 1.40. The van der Waals surface area contributed by atoms with Crippen molar-refractivity contribution in [3.05, 3.63) is 65.9 Å². The lowest BCUT2D eigenvalue weighted by molar-refractivity contribution is -0.0531. The molecule has 44 heavy (non-hydrogen) atoms. The quantitative estimate of drug-likeness (QED) is 0.237. The van der Waals surface area contributed by atoms with E-state index >= 15 is 0 Å². The van der Waals surface area contributed by atoms with Gasteiger partial charge in [0.25, 0.3) is 0 Å². The van der Waals surface area contributed by atoms with E-state index in [0.29, 0.717) is 42.0 Å². The number of para-hydroxylation sites is 1. The largest absolute Gasteiger partial charge is 0.494 e. The van der Waals surface area contributed by atoms with Gasteiger partial charge in [0.1, 0.15) is 34.0 Å². The predicted molar refractivity (Wildman–Crippen MR) is 166 cm³/mol. The van der Waals surface area contributed by atoms with E-state index in [2.05, 4.69) is 24.7 Å². The molecule has 15 heteroatoms. The normalized spacial score (nSPS) is 15.6. The number of aryl methyl sites for hydroxylation is 1. The fraction of sp³-hybridized carbons (Fsp3) is 0.414. The van der Waals surface area contributed by atoms with Gasteiger partial charge < -0.3 is 18.9 Å². The fourth-order valence-corrected chi connectivity index (χ4v) is 6.05. The molecular formula is C29H38N8O6S. The molecule has 0 aliphatic carbocycles. The maximum Gasteiger partial charge on any atom is 0.239 e. The average molecular weight is 627 g/mol. The number of nitrogens with one attached hydrogen (secondary N) is 2. The number of nitrogens with zero attached hydrogens (tertiary/aromatic N) is 6. The van der Waals surface area contributed by atoms with Crippen LogP contribution in [0.1, 0.15) is 30.0 Å². The van der Waals surface area contributed by atoms with E-state index in [1.54, 1.807) is 62.8 Å².